The molecule has 16 heavy (non-hydrogen) atoms. The first-order chi connectivity index (χ1) is 7.63. The van der Waals surface area contributed by atoms with Crippen LogP contribution in [-0.2, 0) is 17.9 Å². The lowest BCUT2D eigenvalue weighted by Gasteiger charge is -2.09. The predicted molar refractivity (Wildman–Crippen MR) is 62.9 cm³/mol. The lowest BCUT2D eigenvalue weighted by atomic mass is 10.4. The molecule has 1 rings (SSSR count). The van der Waals surface area contributed by atoms with E-state index in [4.69, 9.17) is 0 Å². The van der Waals surface area contributed by atoms with Crippen molar-refractivity contribution >= 4 is 5.91 Å². The van der Waals surface area contributed by atoms with E-state index in [1.165, 1.54) is 0 Å². The molecule has 0 saturated carbocycles. The number of hydrogen-bond acceptors (Lipinski definition) is 3. The van der Waals surface area contributed by atoms with Gasteiger partial charge in [0.05, 0.1) is 12.0 Å². The number of rotatable bonds is 6. The molecule has 0 spiro atoms. The van der Waals surface area contributed by atoms with E-state index in [0.717, 1.165) is 25.2 Å². The van der Waals surface area contributed by atoms with Crippen molar-refractivity contribution in [3.8, 4) is 0 Å². The zero-order valence-corrected chi connectivity index (χ0v) is 10.2. The van der Waals surface area contributed by atoms with Crippen LogP contribution in [0.1, 0.15) is 19.0 Å². The molecular formula is C11H20N4O. The van der Waals surface area contributed by atoms with Crippen LogP contribution < -0.4 is 5.32 Å². The summed E-state index contributed by atoms with van der Waals surface area (Å²) < 4.78 is 1.81. The number of likely N-dealkylation sites (N-methyl/N-ethyl adjacent to an activating group) is 1. The van der Waals surface area contributed by atoms with Crippen LogP contribution in [0.15, 0.2) is 12.5 Å². The lowest BCUT2D eigenvalue weighted by Crippen LogP contribution is -2.25. The number of carbonyl (C=O) groups is 1. The van der Waals surface area contributed by atoms with Crippen molar-refractivity contribution in [2.24, 2.45) is 0 Å². The molecule has 0 saturated heterocycles. The van der Waals surface area contributed by atoms with E-state index in [0.29, 0.717) is 6.54 Å². The Balaban J connectivity index is 2.42. The molecule has 5 heteroatoms. The van der Waals surface area contributed by atoms with Crippen LogP contribution in [-0.4, -0.2) is 41.0 Å². The summed E-state index contributed by atoms with van der Waals surface area (Å²) >= 11 is 0. The second-order valence-electron chi connectivity index (χ2n) is 4.00. The molecule has 90 valence electrons. The maximum atomic E-state index is 11.4. The van der Waals surface area contributed by atoms with Gasteiger partial charge in [-0.2, -0.15) is 0 Å². The van der Waals surface area contributed by atoms with Crippen molar-refractivity contribution in [1.29, 1.82) is 0 Å². The van der Waals surface area contributed by atoms with Crippen LogP contribution in [0.3, 0.4) is 0 Å². The number of nitrogens with one attached hydrogen (secondary N) is 1. The predicted octanol–water partition coefficient (Wildman–Crippen LogP) is 0.471. The summed E-state index contributed by atoms with van der Waals surface area (Å²) in [6.07, 6.45) is 4.72. The van der Waals surface area contributed by atoms with Crippen LogP contribution in [0.4, 0.5) is 0 Å². The number of imidazole rings is 1. The van der Waals surface area contributed by atoms with Crippen molar-refractivity contribution in [2.75, 3.05) is 20.6 Å². The molecule has 5 nitrogen and oxygen atoms in total. The summed E-state index contributed by atoms with van der Waals surface area (Å²) in [4.78, 5) is 17.3. The SMILES string of the molecule is CCCNCc1cn(CC(=O)N(C)C)cn1. The first kappa shape index (κ1) is 12.7. The summed E-state index contributed by atoms with van der Waals surface area (Å²) in [5.41, 5.74) is 0.972. The van der Waals surface area contributed by atoms with Crippen LogP contribution in [0.25, 0.3) is 0 Å². The van der Waals surface area contributed by atoms with Gasteiger partial charge in [0.25, 0.3) is 0 Å². The quantitative estimate of drug-likeness (QED) is 0.715. The number of amides is 1. The number of aromatic nitrogens is 2. The van der Waals surface area contributed by atoms with E-state index < -0.39 is 0 Å². The maximum Gasteiger partial charge on any atom is 0.242 e. The fourth-order valence-corrected chi connectivity index (χ4v) is 1.27. The Labute approximate surface area is 96.5 Å². The van der Waals surface area contributed by atoms with Crippen molar-refractivity contribution in [3.05, 3.63) is 18.2 Å². The van der Waals surface area contributed by atoms with Gasteiger partial charge in [-0.05, 0) is 13.0 Å². The van der Waals surface area contributed by atoms with Crippen LogP contribution in [0.2, 0.25) is 0 Å². The fourth-order valence-electron chi connectivity index (χ4n) is 1.27. The van der Waals surface area contributed by atoms with E-state index in [9.17, 15) is 4.79 Å². The van der Waals surface area contributed by atoms with Gasteiger partial charge in [-0.3, -0.25) is 4.79 Å². The van der Waals surface area contributed by atoms with Gasteiger partial charge < -0.3 is 14.8 Å². The summed E-state index contributed by atoms with van der Waals surface area (Å²) in [6, 6.07) is 0. The standard InChI is InChI=1S/C11H20N4O/c1-4-5-12-6-10-7-15(9-13-10)8-11(16)14(2)3/h7,9,12H,4-6,8H2,1-3H3. The molecule has 1 aromatic heterocycles. The van der Waals surface area contributed by atoms with Gasteiger partial charge in [0.2, 0.25) is 5.91 Å². The maximum absolute atomic E-state index is 11.4. The second kappa shape index (κ2) is 6.27. The highest BCUT2D eigenvalue weighted by Crippen LogP contribution is 1.97. The highest BCUT2D eigenvalue weighted by atomic mass is 16.2. The normalized spacial score (nSPS) is 10.4. The van der Waals surface area contributed by atoms with E-state index >= 15 is 0 Å². The average molecular weight is 224 g/mol. The molecule has 1 N–H and O–H groups in total. The summed E-state index contributed by atoms with van der Waals surface area (Å²) in [5, 5.41) is 3.27. The number of carbonyl (C=O) groups excluding carboxylic acids is 1. The minimum atomic E-state index is 0.0745. The van der Waals surface area contributed by atoms with Crippen LogP contribution >= 0.6 is 0 Å². The molecule has 1 aromatic rings. The average Bonchev–Trinajstić information content (AvgIpc) is 2.66. The third-order valence-corrected chi connectivity index (χ3v) is 2.24. The second-order valence-corrected chi connectivity index (χ2v) is 4.00. The van der Waals surface area contributed by atoms with Crippen molar-refractivity contribution in [3.63, 3.8) is 0 Å². The van der Waals surface area contributed by atoms with Crippen molar-refractivity contribution in [2.45, 2.75) is 26.4 Å². The molecule has 1 heterocycles. The zero-order chi connectivity index (χ0) is 12.0. The Morgan fingerprint density at radius 1 is 1.56 bits per heavy atom. The lowest BCUT2D eigenvalue weighted by molar-refractivity contribution is -0.129. The van der Waals surface area contributed by atoms with E-state index in [1.807, 2.05) is 10.8 Å². The molecule has 0 aliphatic rings. The fraction of sp³-hybridized carbons (Fsp3) is 0.636. The van der Waals surface area contributed by atoms with Gasteiger partial charge in [0.1, 0.15) is 6.54 Å². The molecular weight excluding hydrogens is 204 g/mol. The number of nitrogens with zero attached hydrogens (tertiary/aromatic N) is 3. The minimum Gasteiger partial charge on any atom is -0.347 e. The van der Waals surface area contributed by atoms with Gasteiger partial charge in [-0.15, -0.1) is 0 Å². The Bertz CT molecular complexity index is 332. The Hall–Kier alpha value is -1.36. The highest BCUT2D eigenvalue weighted by Gasteiger charge is 2.05. The third kappa shape index (κ3) is 4.02. The topological polar surface area (TPSA) is 50.2 Å². The van der Waals surface area contributed by atoms with Gasteiger partial charge in [-0.1, -0.05) is 6.92 Å². The van der Waals surface area contributed by atoms with Gasteiger partial charge in [0, 0.05) is 26.8 Å². The van der Waals surface area contributed by atoms with Gasteiger partial charge in [-0.25, -0.2) is 4.98 Å². The molecule has 0 aromatic carbocycles. The van der Waals surface area contributed by atoms with Crippen LogP contribution in [0.5, 0.6) is 0 Å². The Morgan fingerprint density at radius 2 is 2.31 bits per heavy atom. The zero-order valence-electron chi connectivity index (χ0n) is 10.2. The molecule has 0 radical (unpaired) electrons. The largest absolute Gasteiger partial charge is 0.347 e. The van der Waals surface area contributed by atoms with Crippen molar-refractivity contribution in [1.82, 2.24) is 19.8 Å². The monoisotopic (exact) mass is 224 g/mol. The molecule has 0 aliphatic heterocycles. The summed E-state index contributed by atoms with van der Waals surface area (Å²) in [5.74, 6) is 0.0745. The molecule has 0 aliphatic carbocycles. The van der Waals surface area contributed by atoms with Crippen LogP contribution in [0, 0.1) is 0 Å². The molecule has 0 atom stereocenters. The molecule has 0 bridgehead atoms. The van der Waals surface area contributed by atoms with E-state index in [-0.39, 0.29) is 5.91 Å². The molecule has 0 unspecified atom stereocenters. The summed E-state index contributed by atoms with van der Waals surface area (Å²) in [7, 11) is 3.51. The van der Waals surface area contributed by atoms with Gasteiger partial charge in [0.15, 0.2) is 0 Å². The number of hydrogen-bond donors (Lipinski definition) is 1. The smallest absolute Gasteiger partial charge is 0.242 e. The van der Waals surface area contributed by atoms with E-state index in [2.05, 4.69) is 17.2 Å². The third-order valence-electron chi connectivity index (χ3n) is 2.24. The molecule has 0 fully saturated rings. The van der Waals surface area contributed by atoms with Gasteiger partial charge >= 0.3 is 0 Å². The first-order valence-corrected chi connectivity index (χ1v) is 5.55. The van der Waals surface area contributed by atoms with Crippen molar-refractivity contribution < 1.29 is 4.79 Å². The minimum absolute atomic E-state index is 0.0745. The summed E-state index contributed by atoms with van der Waals surface area (Å²) in [6.45, 7) is 4.23. The first-order valence-electron chi connectivity index (χ1n) is 5.55. The molecule has 1 amide bonds. The highest BCUT2D eigenvalue weighted by molar-refractivity contribution is 5.75. The Kier molecular flexibility index (Phi) is 4.98. The van der Waals surface area contributed by atoms with E-state index in [1.54, 1.807) is 25.3 Å². The Morgan fingerprint density at radius 3 is 2.94 bits per heavy atom.